The molecule has 0 aliphatic heterocycles. The maximum absolute atomic E-state index is 12.3. The molecule has 10 nitrogen and oxygen atoms in total. The van der Waals surface area contributed by atoms with Gasteiger partial charge in [0.1, 0.15) is 5.75 Å². The van der Waals surface area contributed by atoms with Crippen molar-refractivity contribution in [1.29, 1.82) is 0 Å². The van der Waals surface area contributed by atoms with Crippen molar-refractivity contribution in [3.63, 3.8) is 0 Å². The number of hydrogen-bond donors (Lipinski definition) is 0. The number of oxime groups is 1. The van der Waals surface area contributed by atoms with Gasteiger partial charge in [0, 0.05) is 17.5 Å². The first kappa shape index (κ1) is 20.9. The van der Waals surface area contributed by atoms with E-state index in [1.54, 1.807) is 24.3 Å². The first-order valence-electron chi connectivity index (χ1n) is 9.25. The maximum atomic E-state index is 12.3. The standard InChI is InChI=1S/C20H19N3O7/c1-29-15-9-6-13(7-10-15)20(24)30-21-18-5-3-2-4-16(18)17-11-8-14(22(25)26)12-19(17)23(27)28/h6-12,16H,2-5H2,1H3. The molecule has 1 unspecified atom stereocenters. The van der Waals surface area contributed by atoms with Crippen molar-refractivity contribution in [1.82, 2.24) is 0 Å². The minimum absolute atomic E-state index is 0.286. The molecule has 3 rings (SSSR count). The molecule has 1 saturated carbocycles. The molecule has 0 saturated heterocycles. The summed E-state index contributed by atoms with van der Waals surface area (Å²) in [6.45, 7) is 0. The highest BCUT2D eigenvalue weighted by molar-refractivity contribution is 5.94. The molecule has 1 aliphatic carbocycles. The summed E-state index contributed by atoms with van der Waals surface area (Å²) in [5.74, 6) is -0.521. The second-order valence-electron chi connectivity index (χ2n) is 6.75. The minimum atomic E-state index is -0.677. The van der Waals surface area contributed by atoms with Crippen LogP contribution in [0.4, 0.5) is 11.4 Å². The van der Waals surface area contributed by atoms with Crippen LogP contribution in [0.1, 0.15) is 47.5 Å². The van der Waals surface area contributed by atoms with Gasteiger partial charge in [-0.15, -0.1) is 0 Å². The molecule has 2 aromatic rings. The number of non-ortho nitro benzene ring substituents is 1. The lowest BCUT2D eigenvalue weighted by molar-refractivity contribution is -0.394. The average Bonchev–Trinajstić information content (AvgIpc) is 2.77. The van der Waals surface area contributed by atoms with Crippen LogP contribution in [0, 0.1) is 20.2 Å². The lowest BCUT2D eigenvalue weighted by atomic mass is 9.81. The zero-order valence-corrected chi connectivity index (χ0v) is 16.1. The molecule has 0 spiro atoms. The fourth-order valence-electron chi connectivity index (χ4n) is 3.42. The summed E-state index contributed by atoms with van der Waals surface area (Å²) in [4.78, 5) is 38.5. The Morgan fingerprint density at radius 1 is 1.07 bits per heavy atom. The SMILES string of the molecule is COc1ccc(C(=O)ON=C2CCCCC2c2ccc([N+](=O)[O-])cc2[N+](=O)[O-])cc1. The van der Waals surface area contributed by atoms with Crippen LogP contribution in [0.5, 0.6) is 5.75 Å². The molecule has 0 heterocycles. The number of nitrogens with zero attached hydrogens (tertiary/aromatic N) is 3. The number of ether oxygens (including phenoxy) is 1. The van der Waals surface area contributed by atoms with Crippen molar-refractivity contribution >= 4 is 23.1 Å². The quantitative estimate of drug-likeness (QED) is 0.389. The molecule has 0 radical (unpaired) electrons. The van der Waals surface area contributed by atoms with Gasteiger partial charge < -0.3 is 9.57 Å². The smallest absolute Gasteiger partial charge is 0.365 e. The number of nitro benzene ring substituents is 2. The van der Waals surface area contributed by atoms with Gasteiger partial charge in [-0.3, -0.25) is 20.2 Å². The number of nitro groups is 2. The maximum Gasteiger partial charge on any atom is 0.365 e. The van der Waals surface area contributed by atoms with E-state index in [2.05, 4.69) is 5.16 Å². The van der Waals surface area contributed by atoms with Gasteiger partial charge in [0.15, 0.2) is 0 Å². The molecular formula is C20H19N3O7. The summed E-state index contributed by atoms with van der Waals surface area (Å²) in [7, 11) is 1.51. The third-order valence-corrected chi connectivity index (χ3v) is 4.95. The predicted molar refractivity (Wildman–Crippen MR) is 107 cm³/mol. The Bertz CT molecular complexity index is 1000. The van der Waals surface area contributed by atoms with E-state index >= 15 is 0 Å². The van der Waals surface area contributed by atoms with Gasteiger partial charge in [-0.1, -0.05) is 11.6 Å². The van der Waals surface area contributed by atoms with Gasteiger partial charge >= 0.3 is 5.97 Å². The van der Waals surface area contributed by atoms with E-state index in [1.165, 1.54) is 19.2 Å². The van der Waals surface area contributed by atoms with Gasteiger partial charge in [-0.2, -0.15) is 0 Å². The summed E-state index contributed by atoms with van der Waals surface area (Å²) >= 11 is 0. The molecule has 0 N–H and O–H groups in total. The molecule has 1 atom stereocenters. The van der Waals surface area contributed by atoms with Crippen LogP contribution in [0.3, 0.4) is 0 Å². The predicted octanol–water partition coefficient (Wildman–Crippen LogP) is 4.38. The number of methoxy groups -OCH3 is 1. The van der Waals surface area contributed by atoms with Crippen molar-refractivity contribution in [3.8, 4) is 5.75 Å². The molecule has 0 bridgehead atoms. The molecule has 2 aromatic carbocycles. The van der Waals surface area contributed by atoms with Crippen LogP contribution in [0.25, 0.3) is 0 Å². The third-order valence-electron chi connectivity index (χ3n) is 4.95. The number of benzene rings is 2. The molecule has 10 heteroatoms. The van der Waals surface area contributed by atoms with Gasteiger partial charge in [0.25, 0.3) is 11.4 Å². The molecule has 30 heavy (non-hydrogen) atoms. The lowest BCUT2D eigenvalue weighted by Crippen LogP contribution is -2.20. The van der Waals surface area contributed by atoms with Crippen LogP contribution < -0.4 is 4.74 Å². The summed E-state index contributed by atoms with van der Waals surface area (Å²) < 4.78 is 5.04. The van der Waals surface area contributed by atoms with Crippen molar-refractivity contribution in [2.45, 2.75) is 31.6 Å². The van der Waals surface area contributed by atoms with E-state index in [1.807, 2.05) is 0 Å². The van der Waals surface area contributed by atoms with Crippen LogP contribution in [0.2, 0.25) is 0 Å². The fraction of sp³-hybridized carbons (Fsp3) is 0.300. The van der Waals surface area contributed by atoms with E-state index in [-0.39, 0.29) is 16.9 Å². The Morgan fingerprint density at radius 3 is 2.43 bits per heavy atom. The Balaban J connectivity index is 1.86. The topological polar surface area (TPSA) is 134 Å². The van der Waals surface area contributed by atoms with Gasteiger partial charge in [0.2, 0.25) is 0 Å². The van der Waals surface area contributed by atoms with Crippen molar-refractivity contribution in [2.75, 3.05) is 7.11 Å². The van der Waals surface area contributed by atoms with Crippen LogP contribution in [0.15, 0.2) is 47.6 Å². The zero-order valence-electron chi connectivity index (χ0n) is 16.1. The highest BCUT2D eigenvalue weighted by atomic mass is 16.7. The zero-order chi connectivity index (χ0) is 21.7. The van der Waals surface area contributed by atoms with Gasteiger partial charge in [-0.05, 0) is 49.6 Å². The van der Waals surface area contributed by atoms with E-state index in [0.29, 0.717) is 29.9 Å². The Labute approximate surface area is 171 Å². The third kappa shape index (κ3) is 4.59. The largest absolute Gasteiger partial charge is 0.497 e. The van der Waals surface area contributed by atoms with E-state index in [4.69, 9.17) is 9.57 Å². The van der Waals surface area contributed by atoms with Crippen molar-refractivity contribution in [3.05, 3.63) is 73.8 Å². The second kappa shape index (κ2) is 9.12. The van der Waals surface area contributed by atoms with Gasteiger partial charge in [0.05, 0.1) is 34.3 Å². The Morgan fingerprint density at radius 2 is 1.80 bits per heavy atom. The summed E-state index contributed by atoms with van der Waals surface area (Å²) in [6.07, 6.45) is 2.69. The molecular weight excluding hydrogens is 394 g/mol. The normalized spacial score (nSPS) is 17.4. The van der Waals surface area contributed by atoms with E-state index < -0.39 is 21.7 Å². The van der Waals surface area contributed by atoms with Crippen molar-refractivity contribution in [2.24, 2.45) is 5.16 Å². The first-order valence-corrected chi connectivity index (χ1v) is 9.25. The van der Waals surface area contributed by atoms with E-state index in [0.717, 1.165) is 18.9 Å². The van der Waals surface area contributed by atoms with Crippen LogP contribution >= 0.6 is 0 Å². The summed E-state index contributed by atoms with van der Waals surface area (Å²) in [6, 6.07) is 9.89. The average molecular weight is 413 g/mol. The molecule has 1 fully saturated rings. The number of hydrogen-bond acceptors (Lipinski definition) is 8. The fourth-order valence-corrected chi connectivity index (χ4v) is 3.42. The molecule has 156 valence electrons. The highest BCUT2D eigenvalue weighted by Crippen LogP contribution is 2.37. The Hall–Kier alpha value is -3.82. The second-order valence-corrected chi connectivity index (χ2v) is 6.75. The first-order chi connectivity index (χ1) is 14.4. The van der Waals surface area contributed by atoms with Crippen LogP contribution in [-0.4, -0.2) is 28.6 Å². The van der Waals surface area contributed by atoms with Crippen LogP contribution in [-0.2, 0) is 4.84 Å². The minimum Gasteiger partial charge on any atom is -0.497 e. The lowest BCUT2D eigenvalue weighted by Gasteiger charge is -2.23. The highest BCUT2D eigenvalue weighted by Gasteiger charge is 2.31. The Kier molecular flexibility index (Phi) is 6.35. The van der Waals surface area contributed by atoms with Crippen molar-refractivity contribution < 1.29 is 24.2 Å². The monoisotopic (exact) mass is 413 g/mol. The number of carbonyl (C=O) groups excluding carboxylic acids is 1. The number of carbonyl (C=O) groups is 1. The molecule has 0 amide bonds. The molecule has 0 aromatic heterocycles. The number of rotatable bonds is 6. The van der Waals surface area contributed by atoms with Gasteiger partial charge in [-0.25, -0.2) is 4.79 Å². The summed E-state index contributed by atoms with van der Waals surface area (Å²) in [5.41, 5.74) is 0.411. The molecule has 1 aliphatic rings. The van der Waals surface area contributed by atoms with E-state index in [9.17, 15) is 25.0 Å². The summed E-state index contributed by atoms with van der Waals surface area (Å²) in [5, 5.41) is 26.5.